The molecule has 0 aromatic carbocycles. The molecule has 0 spiro atoms. The van der Waals surface area contributed by atoms with Gasteiger partial charge in [0.15, 0.2) is 0 Å². The lowest BCUT2D eigenvalue weighted by Gasteiger charge is -2.16. The van der Waals surface area contributed by atoms with Gasteiger partial charge < -0.3 is 11.1 Å². The van der Waals surface area contributed by atoms with Crippen LogP contribution in [0.4, 0.5) is 5.82 Å². The Morgan fingerprint density at radius 3 is 3.07 bits per heavy atom. The first kappa shape index (κ1) is 11.5. The highest BCUT2D eigenvalue weighted by Gasteiger charge is 2.08. The van der Waals surface area contributed by atoms with Crippen LogP contribution in [0, 0.1) is 11.3 Å². The van der Waals surface area contributed by atoms with Gasteiger partial charge in [0.05, 0.1) is 5.56 Å². The maximum Gasteiger partial charge on any atom is 0.144 e. The van der Waals surface area contributed by atoms with Gasteiger partial charge in [-0.05, 0) is 18.6 Å². The summed E-state index contributed by atoms with van der Waals surface area (Å²) in [7, 11) is 0. The molecule has 0 saturated heterocycles. The quantitative estimate of drug-likeness (QED) is 0.762. The number of nitrogens with zero attached hydrogens (tertiary/aromatic N) is 2. The van der Waals surface area contributed by atoms with Crippen molar-refractivity contribution in [2.75, 3.05) is 11.9 Å². The number of nitrogens with one attached hydrogen (secondary N) is 1. The number of nitriles is 1. The number of nitrogens with two attached hydrogens (primary N) is 1. The molecule has 0 aliphatic rings. The summed E-state index contributed by atoms with van der Waals surface area (Å²) < 4.78 is 0. The number of hydrogen-bond acceptors (Lipinski definition) is 4. The van der Waals surface area contributed by atoms with Crippen LogP contribution in [-0.2, 0) is 0 Å². The largest absolute Gasteiger partial charge is 0.365 e. The number of hydrogen-bond donors (Lipinski definition) is 2. The molecule has 80 valence electrons. The summed E-state index contributed by atoms with van der Waals surface area (Å²) in [4.78, 5) is 4.13. The van der Waals surface area contributed by atoms with Crippen LogP contribution in [0.25, 0.3) is 0 Å². The van der Waals surface area contributed by atoms with Crippen molar-refractivity contribution in [1.82, 2.24) is 4.98 Å². The van der Waals surface area contributed by atoms with E-state index in [1.807, 2.05) is 0 Å². The average molecular weight is 204 g/mol. The molecule has 0 bridgehead atoms. The second-order valence-corrected chi connectivity index (χ2v) is 3.38. The van der Waals surface area contributed by atoms with E-state index in [1.54, 1.807) is 18.3 Å². The Labute approximate surface area is 90.1 Å². The SMILES string of the molecule is CCCC(CN)Nc1ncccc1C#N. The van der Waals surface area contributed by atoms with Crippen LogP contribution in [0.1, 0.15) is 25.3 Å². The second-order valence-electron chi connectivity index (χ2n) is 3.38. The van der Waals surface area contributed by atoms with E-state index in [9.17, 15) is 0 Å². The van der Waals surface area contributed by atoms with Gasteiger partial charge in [-0.25, -0.2) is 4.98 Å². The predicted molar refractivity (Wildman–Crippen MR) is 60.3 cm³/mol. The van der Waals surface area contributed by atoms with Crippen LogP contribution in [0.3, 0.4) is 0 Å². The molecule has 0 saturated carbocycles. The third-order valence-electron chi connectivity index (χ3n) is 2.19. The minimum absolute atomic E-state index is 0.192. The molecule has 3 N–H and O–H groups in total. The molecule has 1 heterocycles. The molecule has 1 aromatic heterocycles. The van der Waals surface area contributed by atoms with Gasteiger partial charge in [0.25, 0.3) is 0 Å². The summed E-state index contributed by atoms with van der Waals surface area (Å²) in [6, 6.07) is 5.79. The molecule has 1 aromatic rings. The van der Waals surface area contributed by atoms with Crippen molar-refractivity contribution in [3.8, 4) is 6.07 Å². The predicted octanol–water partition coefficient (Wildman–Crippen LogP) is 1.49. The summed E-state index contributed by atoms with van der Waals surface area (Å²) in [5, 5.41) is 12.1. The monoisotopic (exact) mass is 204 g/mol. The summed E-state index contributed by atoms with van der Waals surface area (Å²) in [6.07, 6.45) is 3.71. The molecule has 4 heteroatoms. The molecule has 4 nitrogen and oxygen atoms in total. The van der Waals surface area contributed by atoms with Gasteiger partial charge in [0.2, 0.25) is 0 Å². The summed E-state index contributed by atoms with van der Waals surface area (Å²) in [5.74, 6) is 0.629. The minimum atomic E-state index is 0.192. The standard InChI is InChI=1S/C11H16N4/c1-2-4-10(8-13)15-11-9(7-12)5-3-6-14-11/h3,5-6,10H,2,4,8,13H2,1H3,(H,14,15). The van der Waals surface area contributed by atoms with E-state index >= 15 is 0 Å². The first-order valence-electron chi connectivity index (χ1n) is 5.13. The molecule has 0 aliphatic carbocycles. The van der Waals surface area contributed by atoms with Crippen molar-refractivity contribution in [2.45, 2.75) is 25.8 Å². The Kier molecular flexibility index (Phi) is 4.58. The van der Waals surface area contributed by atoms with Crippen molar-refractivity contribution >= 4 is 5.82 Å². The Morgan fingerprint density at radius 1 is 1.67 bits per heavy atom. The van der Waals surface area contributed by atoms with Crippen molar-refractivity contribution < 1.29 is 0 Å². The highest BCUT2D eigenvalue weighted by molar-refractivity contribution is 5.51. The van der Waals surface area contributed by atoms with Crippen LogP contribution in [-0.4, -0.2) is 17.6 Å². The van der Waals surface area contributed by atoms with Crippen molar-refractivity contribution in [3.05, 3.63) is 23.9 Å². The van der Waals surface area contributed by atoms with Crippen molar-refractivity contribution in [1.29, 1.82) is 5.26 Å². The van der Waals surface area contributed by atoms with Gasteiger partial charge in [-0.1, -0.05) is 13.3 Å². The zero-order valence-corrected chi connectivity index (χ0v) is 8.90. The molecule has 1 rings (SSSR count). The molecule has 1 atom stereocenters. The zero-order valence-electron chi connectivity index (χ0n) is 8.90. The van der Waals surface area contributed by atoms with Crippen LogP contribution < -0.4 is 11.1 Å². The lowest BCUT2D eigenvalue weighted by atomic mass is 10.1. The summed E-state index contributed by atoms with van der Waals surface area (Å²) in [5.41, 5.74) is 6.19. The molecular weight excluding hydrogens is 188 g/mol. The molecular formula is C11H16N4. The van der Waals surface area contributed by atoms with Crippen molar-refractivity contribution in [2.24, 2.45) is 5.73 Å². The average Bonchev–Trinajstić information content (AvgIpc) is 2.29. The van der Waals surface area contributed by atoms with Crippen LogP contribution in [0.15, 0.2) is 18.3 Å². The van der Waals surface area contributed by atoms with E-state index < -0.39 is 0 Å². The molecule has 0 radical (unpaired) electrons. The van der Waals surface area contributed by atoms with Gasteiger partial charge >= 0.3 is 0 Å². The minimum Gasteiger partial charge on any atom is -0.365 e. The first-order valence-corrected chi connectivity index (χ1v) is 5.13. The topological polar surface area (TPSA) is 74.7 Å². The van der Waals surface area contributed by atoms with E-state index in [4.69, 9.17) is 11.0 Å². The first-order chi connectivity index (χ1) is 7.31. The smallest absolute Gasteiger partial charge is 0.144 e. The van der Waals surface area contributed by atoms with Gasteiger partial charge in [-0.3, -0.25) is 0 Å². The van der Waals surface area contributed by atoms with Crippen LogP contribution in [0.5, 0.6) is 0 Å². The number of pyridine rings is 1. The second kappa shape index (κ2) is 5.99. The maximum absolute atomic E-state index is 8.87. The van der Waals surface area contributed by atoms with E-state index in [0.717, 1.165) is 12.8 Å². The molecule has 1 unspecified atom stereocenters. The van der Waals surface area contributed by atoms with E-state index in [1.165, 1.54) is 0 Å². The van der Waals surface area contributed by atoms with Crippen LogP contribution >= 0.6 is 0 Å². The Hall–Kier alpha value is -1.60. The zero-order chi connectivity index (χ0) is 11.1. The fourth-order valence-electron chi connectivity index (χ4n) is 1.40. The molecule has 0 fully saturated rings. The van der Waals surface area contributed by atoms with E-state index in [0.29, 0.717) is 17.9 Å². The fraction of sp³-hybridized carbons (Fsp3) is 0.455. The molecule has 0 aliphatic heterocycles. The Morgan fingerprint density at radius 2 is 2.47 bits per heavy atom. The lowest BCUT2D eigenvalue weighted by molar-refractivity contribution is 0.645. The maximum atomic E-state index is 8.87. The van der Waals surface area contributed by atoms with Gasteiger partial charge in [0.1, 0.15) is 11.9 Å². The van der Waals surface area contributed by atoms with Gasteiger partial charge in [-0.2, -0.15) is 5.26 Å². The van der Waals surface area contributed by atoms with Gasteiger partial charge in [0, 0.05) is 18.8 Å². The molecule has 15 heavy (non-hydrogen) atoms. The Bertz CT molecular complexity index is 343. The normalized spacial score (nSPS) is 11.8. The lowest BCUT2D eigenvalue weighted by Crippen LogP contribution is -2.29. The highest BCUT2D eigenvalue weighted by atomic mass is 15.0. The third kappa shape index (κ3) is 3.22. The van der Waals surface area contributed by atoms with Crippen LogP contribution in [0.2, 0.25) is 0 Å². The summed E-state index contributed by atoms with van der Waals surface area (Å²) >= 11 is 0. The third-order valence-corrected chi connectivity index (χ3v) is 2.19. The highest BCUT2D eigenvalue weighted by Crippen LogP contribution is 2.12. The summed E-state index contributed by atoms with van der Waals surface area (Å²) in [6.45, 7) is 2.66. The number of anilines is 1. The Balaban J connectivity index is 2.74. The van der Waals surface area contributed by atoms with E-state index in [-0.39, 0.29) is 6.04 Å². The van der Waals surface area contributed by atoms with E-state index in [2.05, 4.69) is 23.3 Å². The van der Waals surface area contributed by atoms with Crippen molar-refractivity contribution in [3.63, 3.8) is 0 Å². The number of rotatable bonds is 5. The fourth-order valence-corrected chi connectivity index (χ4v) is 1.40. The molecule has 0 amide bonds. The van der Waals surface area contributed by atoms with Gasteiger partial charge in [-0.15, -0.1) is 0 Å². The number of aromatic nitrogens is 1.